The van der Waals surface area contributed by atoms with Crippen LogP contribution in [-0.4, -0.2) is 40.1 Å². The van der Waals surface area contributed by atoms with Crippen molar-refractivity contribution in [3.63, 3.8) is 0 Å². The van der Waals surface area contributed by atoms with Gasteiger partial charge in [0, 0.05) is 20.0 Å². The summed E-state index contributed by atoms with van der Waals surface area (Å²) in [6.45, 7) is 0.630. The van der Waals surface area contributed by atoms with E-state index < -0.39 is 0 Å². The van der Waals surface area contributed by atoms with Gasteiger partial charge < -0.3 is 14.6 Å². The summed E-state index contributed by atoms with van der Waals surface area (Å²) in [5.41, 5.74) is 2.35. The molecule has 146 valence electrons. The van der Waals surface area contributed by atoms with Gasteiger partial charge in [-0.25, -0.2) is 0 Å². The van der Waals surface area contributed by atoms with E-state index in [9.17, 15) is 4.79 Å². The van der Waals surface area contributed by atoms with Crippen molar-refractivity contribution in [2.45, 2.75) is 18.0 Å². The van der Waals surface area contributed by atoms with Crippen LogP contribution >= 0.6 is 11.8 Å². The molecule has 0 saturated heterocycles. The number of ether oxygens (including phenoxy) is 1. The molecule has 0 aliphatic heterocycles. The van der Waals surface area contributed by atoms with Crippen LogP contribution in [0.4, 0.5) is 0 Å². The van der Waals surface area contributed by atoms with Crippen molar-refractivity contribution >= 4 is 17.7 Å². The second-order valence-corrected chi connectivity index (χ2v) is 7.30. The lowest BCUT2D eigenvalue weighted by Crippen LogP contribution is -2.27. The molecule has 1 aromatic heterocycles. The number of thioether (sulfide) groups is 1. The Bertz CT molecular complexity index is 895. The molecule has 1 N–H and O–H groups in total. The van der Waals surface area contributed by atoms with E-state index >= 15 is 0 Å². The average molecular weight is 397 g/mol. The molecule has 0 spiro atoms. The molecule has 0 aliphatic carbocycles. The number of benzene rings is 2. The first-order chi connectivity index (χ1) is 13.7. The smallest absolute Gasteiger partial charge is 0.230 e. The zero-order valence-corrected chi connectivity index (χ0v) is 16.9. The van der Waals surface area contributed by atoms with Crippen molar-refractivity contribution in [2.75, 3.05) is 19.4 Å². The maximum absolute atomic E-state index is 12.1. The molecule has 28 heavy (non-hydrogen) atoms. The molecule has 0 fully saturated rings. The second kappa shape index (κ2) is 9.94. The standard InChI is InChI=1S/C21H24N4O2S/c1-25-19(14-17-8-10-18(27-2)11-9-17)23-24-21(25)28-15-20(26)22-13-12-16-6-4-3-5-7-16/h3-11H,12-15H2,1-2H3,(H,22,26). The lowest BCUT2D eigenvalue weighted by atomic mass is 10.1. The van der Waals surface area contributed by atoms with Crippen molar-refractivity contribution in [3.05, 3.63) is 71.5 Å². The Hall–Kier alpha value is -2.80. The SMILES string of the molecule is COc1ccc(Cc2nnc(SCC(=O)NCCc3ccccc3)n2C)cc1. The summed E-state index contributed by atoms with van der Waals surface area (Å²) in [4.78, 5) is 12.1. The molecular formula is C21H24N4O2S. The van der Waals surface area contributed by atoms with Crippen LogP contribution in [0.5, 0.6) is 5.75 Å². The predicted octanol–water partition coefficient (Wildman–Crippen LogP) is 2.87. The first kappa shape index (κ1) is 19.9. The third-order valence-corrected chi connectivity index (χ3v) is 5.38. The topological polar surface area (TPSA) is 69.0 Å². The van der Waals surface area contributed by atoms with Crippen LogP contribution < -0.4 is 10.1 Å². The first-order valence-corrected chi connectivity index (χ1v) is 10.1. The maximum Gasteiger partial charge on any atom is 0.230 e. The fourth-order valence-electron chi connectivity index (χ4n) is 2.72. The minimum Gasteiger partial charge on any atom is -0.497 e. The van der Waals surface area contributed by atoms with Gasteiger partial charge in [-0.2, -0.15) is 0 Å². The lowest BCUT2D eigenvalue weighted by Gasteiger charge is -2.06. The first-order valence-electron chi connectivity index (χ1n) is 9.10. The minimum absolute atomic E-state index is 0.000588. The van der Waals surface area contributed by atoms with E-state index in [0.29, 0.717) is 18.7 Å². The van der Waals surface area contributed by atoms with E-state index in [2.05, 4.69) is 27.6 Å². The zero-order valence-electron chi connectivity index (χ0n) is 16.1. The molecule has 3 aromatic rings. The molecule has 0 radical (unpaired) electrons. The van der Waals surface area contributed by atoms with E-state index in [1.54, 1.807) is 7.11 Å². The third-order valence-electron chi connectivity index (χ3n) is 4.36. The number of nitrogens with zero attached hydrogens (tertiary/aromatic N) is 3. The molecule has 0 bridgehead atoms. The predicted molar refractivity (Wildman–Crippen MR) is 111 cm³/mol. The van der Waals surface area contributed by atoms with Crippen LogP contribution in [0.15, 0.2) is 59.8 Å². The number of amides is 1. The summed E-state index contributed by atoms with van der Waals surface area (Å²) in [6.07, 6.45) is 1.50. The fourth-order valence-corrected chi connectivity index (χ4v) is 3.48. The molecule has 0 unspecified atom stereocenters. The minimum atomic E-state index is 0.000588. The van der Waals surface area contributed by atoms with Gasteiger partial charge >= 0.3 is 0 Å². The number of aromatic nitrogens is 3. The molecule has 2 aromatic carbocycles. The van der Waals surface area contributed by atoms with Gasteiger partial charge in [0.2, 0.25) is 5.91 Å². The lowest BCUT2D eigenvalue weighted by molar-refractivity contribution is -0.118. The monoisotopic (exact) mass is 396 g/mol. The van der Waals surface area contributed by atoms with Gasteiger partial charge in [-0.3, -0.25) is 4.79 Å². The van der Waals surface area contributed by atoms with Crippen LogP contribution in [0.3, 0.4) is 0 Å². The van der Waals surface area contributed by atoms with Crippen LogP contribution in [0.25, 0.3) is 0 Å². The van der Waals surface area contributed by atoms with Gasteiger partial charge in [0.25, 0.3) is 0 Å². The van der Waals surface area contributed by atoms with Gasteiger partial charge in [-0.05, 0) is 29.7 Å². The number of methoxy groups -OCH3 is 1. The Morgan fingerprint density at radius 1 is 1.07 bits per heavy atom. The highest BCUT2D eigenvalue weighted by Crippen LogP contribution is 2.18. The number of hydrogen-bond donors (Lipinski definition) is 1. The highest BCUT2D eigenvalue weighted by atomic mass is 32.2. The fraction of sp³-hybridized carbons (Fsp3) is 0.286. The van der Waals surface area contributed by atoms with Crippen molar-refractivity contribution in [2.24, 2.45) is 7.05 Å². The number of carbonyl (C=O) groups is 1. The molecule has 1 amide bonds. The number of nitrogens with one attached hydrogen (secondary N) is 1. The normalized spacial score (nSPS) is 10.6. The number of hydrogen-bond acceptors (Lipinski definition) is 5. The quantitative estimate of drug-likeness (QED) is 0.563. The van der Waals surface area contributed by atoms with Gasteiger partial charge in [0.15, 0.2) is 5.16 Å². The zero-order chi connectivity index (χ0) is 19.8. The molecule has 6 nitrogen and oxygen atoms in total. The highest BCUT2D eigenvalue weighted by Gasteiger charge is 2.12. The van der Waals surface area contributed by atoms with Crippen LogP contribution in [0.1, 0.15) is 17.0 Å². The Labute approximate surface area is 169 Å². The van der Waals surface area contributed by atoms with E-state index in [-0.39, 0.29) is 5.91 Å². The number of carbonyl (C=O) groups excluding carboxylic acids is 1. The van der Waals surface area contributed by atoms with Gasteiger partial charge in [-0.1, -0.05) is 54.2 Å². The van der Waals surface area contributed by atoms with E-state index in [4.69, 9.17) is 4.74 Å². The van der Waals surface area contributed by atoms with Gasteiger partial charge in [-0.15, -0.1) is 10.2 Å². The van der Waals surface area contributed by atoms with Crippen LogP contribution in [0, 0.1) is 0 Å². The Kier molecular flexibility index (Phi) is 7.08. The maximum atomic E-state index is 12.1. The molecule has 1 heterocycles. The third kappa shape index (κ3) is 5.60. The largest absolute Gasteiger partial charge is 0.497 e. The Morgan fingerprint density at radius 2 is 1.82 bits per heavy atom. The highest BCUT2D eigenvalue weighted by molar-refractivity contribution is 7.99. The molecule has 0 saturated carbocycles. The van der Waals surface area contributed by atoms with Gasteiger partial charge in [0.05, 0.1) is 12.9 Å². The Balaban J connectivity index is 1.46. The van der Waals surface area contributed by atoms with E-state index in [1.165, 1.54) is 17.3 Å². The summed E-state index contributed by atoms with van der Waals surface area (Å²) in [7, 11) is 3.58. The van der Waals surface area contributed by atoms with E-state index in [1.807, 2.05) is 54.1 Å². The van der Waals surface area contributed by atoms with Crippen molar-refractivity contribution in [3.8, 4) is 5.75 Å². The van der Waals surface area contributed by atoms with Crippen molar-refractivity contribution in [1.29, 1.82) is 0 Å². The molecule has 3 rings (SSSR count). The van der Waals surface area contributed by atoms with Gasteiger partial charge in [0.1, 0.15) is 11.6 Å². The second-order valence-electron chi connectivity index (χ2n) is 6.36. The van der Waals surface area contributed by atoms with Crippen LogP contribution in [-0.2, 0) is 24.7 Å². The van der Waals surface area contributed by atoms with Crippen molar-refractivity contribution in [1.82, 2.24) is 20.1 Å². The van der Waals surface area contributed by atoms with E-state index in [0.717, 1.165) is 28.7 Å². The summed E-state index contributed by atoms with van der Waals surface area (Å²) in [6, 6.07) is 18.0. The van der Waals surface area contributed by atoms with Crippen LogP contribution in [0.2, 0.25) is 0 Å². The molecule has 0 atom stereocenters. The summed E-state index contributed by atoms with van der Waals surface area (Å²) < 4.78 is 7.12. The molecular weight excluding hydrogens is 372 g/mol. The van der Waals surface area contributed by atoms with Crippen molar-refractivity contribution < 1.29 is 9.53 Å². The average Bonchev–Trinajstić information content (AvgIpc) is 3.07. The summed E-state index contributed by atoms with van der Waals surface area (Å²) in [5.74, 6) is 2.01. The summed E-state index contributed by atoms with van der Waals surface area (Å²) in [5, 5.41) is 12.2. The molecule has 0 aliphatic rings. The molecule has 7 heteroatoms. The Morgan fingerprint density at radius 3 is 2.54 bits per heavy atom. The number of rotatable bonds is 9. The summed E-state index contributed by atoms with van der Waals surface area (Å²) >= 11 is 1.40.